The number of nitrogens with one attached hydrogen (secondary N) is 3. The van der Waals surface area contributed by atoms with Crippen LogP contribution in [0, 0.1) is 0 Å². The molecule has 0 aliphatic rings. The lowest BCUT2D eigenvalue weighted by Crippen LogP contribution is -2.26. The number of benzene rings is 1. The Bertz CT molecular complexity index is 1370. The van der Waals surface area contributed by atoms with Gasteiger partial charge in [0.1, 0.15) is 5.56 Å². The number of hydrogen-bond acceptors (Lipinski definition) is 7. The molecule has 4 aromatic rings. The number of fused-ring (bicyclic) bond motifs is 1. The molecule has 0 radical (unpaired) electrons. The number of aromatic nitrogens is 4. The third kappa shape index (κ3) is 5.23. The van der Waals surface area contributed by atoms with Crippen LogP contribution in [0.1, 0.15) is 39.1 Å². The second-order valence-corrected chi connectivity index (χ2v) is 8.09. The number of pyridine rings is 2. The molecule has 4 rings (SSSR count). The first-order chi connectivity index (χ1) is 16.9. The molecule has 3 heterocycles. The largest absolute Gasteiger partial charge is 0.480 e. The molecule has 4 N–H and O–H groups in total. The number of ether oxygens (including phenoxy) is 1. The summed E-state index contributed by atoms with van der Waals surface area (Å²) < 4.78 is 5.27. The Morgan fingerprint density at radius 2 is 1.94 bits per heavy atom. The highest BCUT2D eigenvalue weighted by Gasteiger charge is 2.18. The number of nitrogens with zero attached hydrogens (tertiary/aromatic N) is 3. The molecule has 0 saturated heterocycles. The van der Waals surface area contributed by atoms with Crippen molar-refractivity contribution in [1.82, 2.24) is 30.8 Å². The first kappa shape index (κ1) is 24.1. The number of hydrogen-bond donors (Lipinski definition) is 4. The van der Waals surface area contributed by atoms with Crippen LogP contribution in [0.2, 0.25) is 5.02 Å². The van der Waals surface area contributed by atoms with E-state index in [2.05, 4.69) is 30.8 Å². The molecule has 0 spiro atoms. The molecule has 10 nitrogen and oxygen atoms in total. The van der Waals surface area contributed by atoms with E-state index in [4.69, 9.17) is 16.3 Å². The molecule has 3 aromatic heterocycles. The van der Waals surface area contributed by atoms with Gasteiger partial charge < -0.3 is 20.5 Å². The van der Waals surface area contributed by atoms with Crippen molar-refractivity contribution in [3.05, 3.63) is 70.8 Å². The topological polar surface area (TPSA) is 142 Å². The minimum Gasteiger partial charge on any atom is -0.480 e. The highest BCUT2D eigenvalue weighted by Crippen LogP contribution is 2.28. The third-order valence-corrected chi connectivity index (χ3v) is 5.65. The van der Waals surface area contributed by atoms with Crippen LogP contribution in [0.5, 0.6) is 5.88 Å². The molecule has 180 valence electrons. The number of aliphatic hydroxyl groups excluding tert-OH is 1. The van der Waals surface area contributed by atoms with Gasteiger partial charge >= 0.3 is 0 Å². The fourth-order valence-corrected chi connectivity index (χ4v) is 3.69. The average Bonchev–Trinajstić information content (AvgIpc) is 3.31. The van der Waals surface area contributed by atoms with Crippen molar-refractivity contribution >= 4 is 34.3 Å². The van der Waals surface area contributed by atoms with Crippen molar-refractivity contribution in [1.29, 1.82) is 0 Å². The van der Waals surface area contributed by atoms with E-state index in [1.54, 1.807) is 37.5 Å². The first-order valence-electron chi connectivity index (χ1n) is 10.7. The monoisotopic (exact) mass is 494 g/mol. The second-order valence-electron chi connectivity index (χ2n) is 7.65. The van der Waals surface area contributed by atoms with Crippen molar-refractivity contribution in [3.63, 3.8) is 0 Å². The smallest absolute Gasteiger partial charge is 0.272 e. The van der Waals surface area contributed by atoms with Gasteiger partial charge in [-0.3, -0.25) is 19.7 Å². The van der Waals surface area contributed by atoms with Gasteiger partial charge in [0.2, 0.25) is 5.88 Å². The molecule has 1 unspecified atom stereocenters. The summed E-state index contributed by atoms with van der Waals surface area (Å²) in [6.07, 6.45) is 2.48. The van der Waals surface area contributed by atoms with Gasteiger partial charge in [-0.1, -0.05) is 17.7 Å². The van der Waals surface area contributed by atoms with Gasteiger partial charge in [-0.05, 0) is 42.3 Å². The van der Waals surface area contributed by atoms with Crippen LogP contribution in [-0.2, 0) is 0 Å². The minimum atomic E-state index is -0.847. The maximum Gasteiger partial charge on any atom is 0.272 e. The van der Waals surface area contributed by atoms with E-state index < -0.39 is 12.0 Å². The zero-order valence-electron chi connectivity index (χ0n) is 19.0. The Morgan fingerprint density at radius 1 is 1.11 bits per heavy atom. The van der Waals surface area contributed by atoms with Gasteiger partial charge in [-0.2, -0.15) is 5.10 Å². The molecule has 1 atom stereocenters. The van der Waals surface area contributed by atoms with E-state index in [1.165, 1.54) is 13.3 Å². The number of carbonyl (C=O) groups is 2. The fourth-order valence-electron chi connectivity index (χ4n) is 3.58. The Hall–Kier alpha value is -4.02. The predicted octanol–water partition coefficient (Wildman–Crippen LogP) is 2.90. The van der Waals surface area contributed by atoms with Crippen LogP contribution >= 0.6 is 11.6 Å². The van der Waals surface area contributed by atoms with Gasteiger partial charge in [0.25, 0.3) is 11.8 Å². The Kier molecular flexibility index (Phi) is 7.23. The van der Waals surface area contributed by atoms with Crippen LogP contribution in [0.3, 0.4) is 0 Å². The standard InChI is InChI=1S/C24H23ClN6O4/c1-26-23(34)21-16-5-3-13(10-19(16)30-31-21)14-9-17(24(35-2)29-11-14)22(33)27-8-7-20(32)18-6-4-15(25)12-28-18/h3-6,9-12,20,32H,7-8H2,1-2H3,(H,26,34)(H,27,33)(H,30,31). The van der Waals surface area contributed by atoms with Gasteiger partial charge in [0, 0.05) is 36.9 Å². The number of carbonyl (C=O) groups excluding carboxylic acids is 2. The lowest BCUT2D eigenvalue weighted by Gasteiger charge is -2.13. The zero-order valence-corrected chi connectivity index (χ0v) is 19.8. The van der Waals surface area contributed by atoms with E-state index in [1.807, 2.05) is 12.1 Å². The SMILES string of the molecule is CNC(=O)c1n[nH]c2cc(-c3cnc(OC)c(C(=O)NCCC(O)c4ccc(Cl)cn4)c3)ccc12. The Morgan fingerprint density at radius 3 is 2.66 bits per heavy atom. The number of methoxy groups -OCH3 is 1. The van der Waals surface area contributed by atoms with Crippen LogP contribution in [0.4, 0.5) is 0 Å². The van der Waals surface area contributed by atoms with Gasteiger partial charge in [0.05, 0.1) is 29.4 Å². The Labute approximate surface area is 205 Å². The summed E-state index contributed by atoms with van der Waals surface area (Å²) in [5.41, 5.74) is 3.15. The van der Waals surface area contributed by atoms with Crippen LogP contribution in [0.15, 0.2) is 48.8 Å². The predicted molar refractivity (Wildman–Crippen MR) is 130 cm³/mol. The summed E-state index contributed by atoms with van der Waals surface area (Å²) in [5.74, 6) is -0.501. The summed E-state index contributed by atoms with van der Waals surface area (Å²) in [6, 6.07) is 10.4. The van der Waals surface area contributed by atoms with E-state index in [0.717, 1.165) is 5.56 Å². The van der Waals surface area contributed by atoms with Crippen LogP contribution in [-0.4, -0.2) is 57.8 Å². The van der Waals surface area contributed by atoms with Crippen molar-refractivity contribution < 1.29 is 19.4 Å². The average molecular weight is 495 g/mol. The zero-order chi connectivity index (χ0) is 24.9. The van der Waals surface area contributed by atoms with E-state index in [0.29, 0.717) is 32.9 Å². The second kappa shape index (κ2) is 10.5. The summed E-state index contributed by atoms with van der Waals surface area (Å²) in [6.45, 7) is 0.208. The van der Waals surface area contributed by atoms with Crippen molar-refractivity contribution in [3.8, 4) is 17.0 Å². The molecular weight excluding hydrogens is 472 g/mol. The maximum absolute atomic E-state index is 12.9. The highest BCUT2D eigenvalue weighted by molar-refractivity contribution is 6.30. The summed E-state index contributed by atoms with van der Waals surface area (Å²) in [4.78, 5) is 33.2. The Balaban J connectivity index is 1.50. The van der Waals surface area contributed by atoms with Gasteiger partial charge in [-0.15, -0.1) is 0 Å². The molecule has 0 saturated carbocycles. The van der Waals surface area contributed by atoms with Gasteiger partial charge in [-0.25, -0.2) is 4.98 Å². The molecule has 11 heteroatoms. The molecular formula is C24H23ClN6O4. The molecule has 1 aromatic carbocycles. The van der Waals surface area contributed by atoms with Gasteiger partial charge in [0.15, 0.2) is 5.69 Å². The summed E-state index contributed by atoms with van der Waals surface area (Å²) in [7, 11) is 2.98. The van der Waals surface area contributed by atoms with Crippen molar-refractivity contribution in [2.24, 2.45) is 0 Å². The minimum absolute atomic E-state index is 0.177. The quantitative estimate of drug-likeness (QED) is 0.295. The van der Waals surface area contributed by atoms with E-state index in [-0.39, 0.29) is 30.3 Å². The first-order valence-corrected chi connectivity index (χ1v) is 11.1. The number of aliphatic hydroxyl groups is 1. The normalized spacial score (nSPS) is 11.8. The number of halogens is 1. The molecule has 0 aliphatic heterocycles. The molecule has 35 heavy (non-hydrogen) atoms. The highest BCUT2D eigenvalue weighted by atomic mass is 35.5. The van der Waals surface area contributed by atoms with Crippen molar-refractivity contribution in [2.75, 3.05) is 20.7 Å². The van der Waals surface area contributed by atoms with E-state index in [9.17, 15) is 14.7 Å². The van der Waals surface area contributed by atoms with Crippen LogP contribution in [0.25, 0.3) is 22.0 Å². The number of H-pyrrole nitrogens is 1. The van der Waals surface area contributed by atoms with Crippen LogP contribution < -0.4 is 15.4 Å². The van der Waals surface area contributed by atoms with E-state index >= 15 is 0 Å². The fraction of sp³-hybridized carbons (Fsp3) is 0.208. The third-order valence-electron chi connectivity index (χ3n) is 5.42. The molecule has 2 amide bonds. The van der Waals surface area contributed by atoms with Crippen molar-refractivity contribution in [2.45, 2.75) is 12.5 Å². The lowest BCUT2D eigenvalue weighted by molar-refractivity contribution is 0.0935. The number of amides is 2. The number of rotatable bonds is 8. The maximum atomic E-state index is 12.9. The lowest BCUT2D eigenvalue weighted by atomic mass is 10.0. The molecule has 0 aliphatic carbocycles. The molecule has 0 fully saturated rings. The summed E-state index contributed by atoms with van der Waals surface area (Å²) >= 11 is 5.82. The molecule has 0 bridgehead atoms. The summed E-state index contributed by atoms with van der Waals surface area (Å²) in [5, 5.41) is 23.7. The number of aromatic amines is 1.